The number of rotatable bonds is 3. The zero-order valence-electron chi connectivity index (χ0n) is 19.1. The molecule has 156 valence electrons. The van der Waals surface area contributed by atoms with Crippen LogP contribution in [0.15, 0.2) is 36.5 Å². The van der Waals surface area contributed by atoms with E-state index in [1.165, 1.54) is 22.2 Å². The molecular weight excluding hydrogens is 384 g/mol. The van der Waals surface area contributed by atoms with Crippen LogP contribution < -0.4 is 5.32 Å². The number of benzene rings is 2. The highest BCUT2D eigenvalue weighted by Gasteiger charge is 2.44. The lowest BCUT2D eigenvalue weighted by Gasteiger charge is -2.48. The summed E-state index contributed by atoms with van der Waals surface area (Å²) in [5.41, 5.74) is 7.77. The van der Waals surface area contributed by atoms with Crippen LogP contribution in [0, 0.1) is 19.3 Å². The topological polar surface area (TPSA) is 37.0 Å². The van der Waals surface area contributed by atoms with E-state index in [4.69, 9.17) is 10.8 Å². The lowest BCUT2D eigenvalue weighted by Crippen LogP contribution is -2.54. The van der Waals surface area contributed by atoms with E-state index in [1.54, 1.807) is 0 Å². The van der Waals surface area contributed by atoms with Crippen LogP contribution in [0.25, 0.3) is 22.0 Å². The van der Waals surface area contributed by atoms with Gasteiger partial charge in [-0.05, 0) is 69.1 Å². The minimum atomic E-state index is -1.74. The van der Waals surface area contributed by atoms with E-state index in [9.17, 15) is 0 Å². The number of nitrogens with one attached hydrogen (secondary N) is 2. The Balaban J connectivity index is 1.97. The van der Waals surface area contributed by atoms with Crippen molar-refractivity contribution in [3.63, 3.8) is 0 Å². The van der Waals surface area contributed by atoms with Crippen molar-refractivity contribution in [1.29, 1.82) is 0 Å². The van der Waals surface area contributed by atoms with Gasteiger partial charge in [0.1, 0.15) is 0 Å². The molecule has 0 aliphatic carbocycles. The predicted molar refractivity (Wildman–Crippen MR) is 131 cm³/mol. The van der Waals surface area contributed by atoms with Crippen LogP contribution in [0.4, 0.5) is 5.69 Å². The van der Waals surface area contributed by atoms with Gasteiger partial charge in [0.15, 0.2) is 8.32 Å². The van der Waals surface area contributed by atoms with Crippen molar-refractivity contribution < 1.29 is 4.43 Å². The molecule has 0 spiro atoms. The minimum absolute atomic E-state index is 0.0553. The van der Waals surface area contributed by atoms with Crippen LogP contribution in [-0.4, -0.2) is 24.9 Å². The number of para-hydroxylation sites is 1. The van der Waals surface area contributed by atoms with Gasteiger partial charge in [-0.3, -0.25) is 0 Å². The van der Waals surface area contributed by atoms with Crippen molar-refractivity contribution in [3.05, 3.63) is 53.2 Å². The molecule has 0 saturated heterocycles. The molecule has 2 unspecified atom stereocenters. The summed E-state index contributed by atoms with van der Waals surface area (Å²) < 4.78 is 6.71. The lowest BCUT2D eigenvalue weighted by molar-refractivity contribution is 0.104. The van der Waals surface area contributed by atoms with Crippen LogP contribution in [0.1, 0.15) is 43.4 Å². The second-order valence-corrected chi connectivity index (χ2v) is 14.5. The first-order valence-corrected chi connectivity index (χ1v) is 14.1. The summed E-state index contributed by atoms with van der Waals surface area (Å²) in [4.78, 5) is 3.40. The highest BCUT2D eigenvalue weighted by atomic mass is 28.4. The van der Waals surface area contributed by atoms with E-state index in [0.29, 0.717) is 0 Å². The third-order valence-corrected chi connectivity index (χ3v) is 7.09. The molecule has 1 aromatic heterocycles. The molecular formula is C26H32N2OSi. The number of aromatic amines is 1. The Labute approximate surface area is 181 Å². The van der Waals surface area contributed by atoms with Gasteiger partial charge in [0, 0.05) is 34.5 Å². The third kappa shape index (κ3) is 3.36. The molecule has 0 amide bonds. The normalized spacial score (nSPS) is 20.5. The summed E-state index contributed by atoms with van der Waals surface area (Å²) in [5.74, 6) is 3.24. The van der Waals surface area contributed by atoms with E-state index in [2.05, 4.69) is 93.9 Å². The van der Waals surface area contributed by atoms with Gasteiger partial charge in [0.05, 0.1) is 17.2 Å². The zero-order chi connectivity index (χ0) is 21.8. The van der Waals surface area contributed by atoms with Crippen molar-refractivity contribution in [1.82, 2.24) is 4.98 Å². The number of aryl methyl sites for hydroxylation is 1. The van der Waals surface area contributed by atoms with Gasteiger partial charge in [0.25, 0.3) is 0 Å². The molecule has 0 radical (unpaired) electrons. The van der Waals surface area contributed by atoms with Crippen molar-refractivity contribution in [2.24, 2.45) is 0 Å². The molecule has 2 aromatic carbocycles. The number of anilines is 1. The maximum Gasteiger partial charge on any atom is 0.184 e. The molecule has 4 rings (SSSR count). The molecule has 3 nitrogen and oxygen atoms in total. The second-order valence-electron chi connectivity index (χ2n) is 10.1. The fourth-order valence-electron chi connectivity index (χ4n) is 4.94. The number of fused-ring (bicyclic) bond motifs is 2. The van der Waals surface area contributed by atoms with Gasteiger partial charge < -0.3 is 14.7 Å². The van der Waals surface area contributed by atoms with Crippen molar-refractivity contribution in [2.45, 2.75) is 64.9 Å². The Hall–Kier alpha value is -2.48. The first kappa shape index (κ1) is 20.8. The predicted octanol–water partition coefficient (Wildman–Crippen LogP) is 6.65. The molecule has 0 saturated carbocycles. The van der Waals surface area contributed by atoms with E-state index in [0.717, 1.165) is 22.2 Å². The second kappa shape index (κ2) is 7.04. The van der Waals surface area contributed by atoms with E-state index < -0.39 is 8.32 Å². The van der Waals surface area contributed by atoms with Crippen LogP contribution in [0.5, 0.6) is 0 Å². The summed E-state index contributed by atoms with van der Waals surface area (Å²) in [7, 11) is -1.74. The third-order valence-electron chi connectivity index (χ3n) is 6.13. The van der Waals surface area contributed by atoms with E-state index in [-0.39, 0.29) is 17.6 Å². The Morgan fingerprint density at radius 3 is 2.53 bits per heavy atom. The maximum absolute atomic E-state index is 6.71. The smallest absolute Gasteiger partial charge is 0.184 e. The van der Waals surface area contributed by atoms with Gasteiger partial charge in [-0.25, -0.2) is 0 Å². The van der Waals surface area contributed by atoms with Crippen molar-refractivity contribution in [3.8, 4) is 23.5 Å². The number of terminal acetylenes is 1. The monoisotopic (exact) mass is 416 g/mol. The molecule has 0 bridgehead atoms. The molecule has 1 aliphatic rings. The minimum Gasteiger partial charge on any atom is -0.412 e. The fraction of sp³-hybridized carbons (Fsp3) is 0.385. The molecule has 2 N–H and O–H groups in total. The van der Waals surface area contributed by atoms with Crippen molar-refractivity contribution >= 4 is 24.9 Å². The number of aromatic nitrogens is 1. The van der Waals surface area contributed by atoms with Crippen LogP contribution in [-0.2, 0) is 4.43 Å². The first-order chi connectivity index (χ1) is 14.0. The van der Waals surface area contributed by atoms with Gasteiger partial charge >= 0.3 is 0 Å². The summed E-state index contributed by atoms with van der Waals surface area (Å²) >= 11 is 0. The Kier molecular flexibility index (Phi) is 4.88. The van der Waals surface area contributed by atoms with Crippen LogP contribution in [0.3, 0.4) is 0 Å². The van der Waals surface area contributed by atoms with Gasteiger partial charge in [-0.15, -0.1) is 6.42 Å². The SMILES string of the molecule is C#Cc1c(-c2cccc3cc[nH]c23)cc(C)c2c1C(C)C(O[Si](C)(C)C)C(C)(C)N2. The largest absolute Gasteiger partial charge is 0.412 e. The quantitative estimate of drug-likeness (QED) is 0.370. The maximum atomic E-state index is 6.71. The van der Waals surface area contributed by atoms with Gasteiger partial charge in [-0.2, -0.15) is 0 Å². The van der Waals surface area contributed by atoms with E-state index >= 15 is 0 Å². The fourth-order valence-corrected chi connectivity index (χ4v) is 6.20. The number of H-pyrrole nitrogens is 1. The standard InChI is InChI=1S/C26H32N2OSi/c1-9-19-21(20-12-10-11-18-13-14-27-24(18)20)15-16(2)23-22(19)17(3)25(26(4,5)28-23)29-30(6,7)8/h1,10-15,17,25,27-28H,2-8H3. The average Bonchev–Trinajstić information content (AvgIpc) is 3.13. The van der Waals surface area contributed by atoms with Crippen LogP contribution in [0.2, 0.25) is 19.6 Å². The molecule has 1 aliphatic heterocycles. The summed E-state index contributed by atoms with van der Waals surface area (Å²) in [6.45, 7) is 15.7. The molecule has 3 aromatic rings. The highest BCUT2D eigenvalue weighted by Crippen LogP contribution is 2.47. The Bertz CT molecular complexity index is 1160. The van der Waals surface area contributed by atoms with Crippen LogP contribution >= 0.6 is 0 Å². The van der Waals surface area contributed by atoms with Gasteiger partial charge in [0.2, 0.25) is 0 Å². The lowest BCUT2D eigenvalue weighted by atomic mass is 9.75. The van der Waals surface area contributed by atoms with Crippen molar-refractivity contribution in [2.75, 3.05) is 5.32 Å². The highest BCUT2D eigenvalue weighted by molar-refractivity contribution is 6.69. The molecule has 0 fully saturated rings. The number of hydrogen-bond acceptors (Lipinski definition) is 2. The Morgan fingerprint density at radius 1 is 1.13 bits per heavy atom. The Morgan fingerprint density at radius 2 is 1.87 bits per heavy atom. The summed E-state index contributed by atoms with van der Waals surface area (Å²) in [6.07, 6.45) is 8.20. The molecule has 4 heteroatoms. The summed E-state index contributed by atoms with van der Waals surface area (Å²) in [6, 6.07) is 10.7. The van der Waals surface area contributed by atoms with E-state index in [1.807, 2.05) is 6.20 Å². The summed E-state index contributed by atoms with van der Waals surface area (Å²) in [5, 5.41) is 4.98. The molecule has 2 atom stereocenters. The average molecular weight is 417 g/mol. The number of hydrogen-bond donors (Lipinski definition) is 2. The molecule has 2 heterocycles. The van der Waals surface area contributed by atoms with Gasteiger partial charge in [-0.1, -0.05) is 31.0 Å². The molecule has 30 heavy (non-hydrogen) atoms. The zero-order valence-corrected chi connectivity index (χ0v) is 20.1. The first-order valence-electron chi connectivity index (χ1n) is 10.7.